The smallest absolute Gasteiger partial charge is 0.191 e. The van der Waals surface area contributed by atoms with Gasteiger partial charge in [0.2, 0.25) is 0 Å². The van der Waals surface area contributed by atoms with Crippen molar-refractivity contribution in [1.29, 1.82) is 0 Å². The fraction of sp³-hybridized carbons (Fsp3) is 0.696. The molecule has 1 aromatic rings. The molecule has 0 aromatic heterocycles. The molecule has 2 N–H and O–H groups in total. The molecule has 1 aliphatic rings. The van der Waals surface area contributed by atoms with Crippen LogP contribution in [0.2, 0.25) is 0 Å². The van der Waals surface area contributed by atoms with Crippen molar-refractivity contribution in [2.45, 2.75) is 19.4 Å². The fourth-order valence-corrected chi connectivity index (χ4v) is 3.70. The Bertz CT molecular complexity index is 574. The van der Waals surface area contributed by atoms with Crippen LogP contribution in [0, 0.1) is 0 Å². The van der Waals surface area contributed by atoms with Crippen LogP contribution in [-0.4, -0.2) is 107 Å². The molecule has 0 radical (unpaired) electrons. The normalized spacial score (nSPS) is 16.2. The zero-order valence-electron chi connectivity index (χ0n) is 19.3. The average Bonchev–Trinajstić information content (AvgIpc) is 2.77. The van der Waals surface area contributed by atoms with Gasteiger partial charge in [0.1, 0.15) is 0 Å². The lowest BCUT2D eigenvalue weighted by Crippen LogP contribution is -2.47. The molecule has 0 saturated carbocycles. The highest BCUT2D eigenvalue weighted by Gasteiger charge is 2.16. The van der Waals surface area contributed by atoms with Crippen LogP contribution in [-0.2, 0) is 11.3 Å². The molecule has 0 aliphatic carbocycles. The third-order valence-electron chi connectivity index (χ3n) is 5.56. The van der Waals surface area contributed by atoms with Gasteiger partial charge in [0.15, 0.2) is 5.96 Å². The highest BCUT2D eigenvalue weighted by Crippen LogP contribution is 2.08. The molecule has 1 saturated heterocycles. The number of benzene rings is 1. The molecular formula is C23H42N6O. The molecule has 0 spiro atoms. The van der Waals surface area contributed by atoms with E-state index < -0.39 is 0 Å². The first-order chi connectivity index (χ1) is 14.7. The summed E-state index contributed by atoms with van der Waals surface area (Å²) in [5.41, 5.74) is 1.41. The molecule has 1 aromatic carbocycles. The number of rotatable bonds is 13. The maximum atomic E-state index is 5.10. The number of likely N-dealkylation sites (N-methyl/N-ethyl adjacent to an activating group) is 1. The predicted molar refractivity (Wildman–Crippen MR) is 126 cm³/mol. The number of hydrogen-bond acceptors (Lipinski definition) is 5. The monoisotopic (exact) mass is 418 g/mol. The van der Waals surface area contributed by atoms with E-state index in [4.69, 9.17) is 4.74 Å². The number of aliphatic imine (C=N–C) groups is 1. The molecule has 2 rings (SSSR count). The summed E-state index contributed by atoms with van der Waals surface area (Å²) in [5.74, 6) is 0.896. The number of hydrogen-bond donors (Lipinski definition) is 2. The van der Waals surface area contributed by atoms with Gasteiger partial charge in [-0.25, -0.2) is 0 Å². The van der Waals surface area contributed by atoms with Gasteiger partial charge in [0.25, 0.3) is 0 Å². The lowest BCUT2D eigenvalue weighted by Gasteiger charge is -2.34. The highest BCUT2D eigenvalue weighted by atomic mass is 16.5. The summed E-state index contributed by atoms with van der Waals surface area (Å²) in [7, 11) is 5.74. The van der Waals surface area contributed by atoms with Crippen molar-refractivity contribution in [1.82, 2.24) is 25.3 Å². The molecule has 0 unspecified atom stereocenters. The Labute approximate surface area is 183 Å². The van der Waals surface area contributed by atoms with E-state index in [1.807, 2.05) is 7.05 Å². The number of guanidine groups is 1. The molecule has 1 heterocycles. The largest absolute Gasteiger partial charge is 0.385 e. The molecule has 1 aliphatic heterocycles. The Morgan fingerprint density at radius 1 is 1.00 bits per heavy atom. The second-order valence-corrected chi connectivity index (χ2v) is 8.03. The van der Waals surface area contributed by atoms with Crippen LogP contribution in [0.25, 0.3) is 0 Å². The number of methoxy groups -OCH3 is 1. The third kappa shape index (κ3) is 10.4. The molecule has 170 valence electrons. The van der Waals surface area contributed by atoms with Crippen LogP contribution in [0.15, 0.2) is 35.3 Å². The molecule has 0 bridgehead atoms. The van der Waals surface area contributed by atoms with E-state index in [-0.39, 0.29) is 0 Å². The Kier molecular flexibility index (Phi) is 12.4. The van der Waals surface area contributed by atoms with E-state index in [1.54, 1.807) is 7.11 Å². The standard InChI is InChI=1S/C23H42N6O/c1-24-23(26-12-15-27(2)13-8-20-30-3)25-11-7-14-28-16-18-29(19-17-28)21-22-9-5-4-6-10-22/h4-6,9-10H,7-8,11-21H2,1-3H3,(H2,24,25,26). The molecule has 0 amide bonds. The molecule has 1 fully saturated rings. The molecule has 30 heavy (non-hydrogen) atoms. The van der Waals surface area contributed by atoms with Gasteiger partial charge < -0.3 is 25.2 Å². The summed E-state index contributed by atoms with van der Waals surface area (Å²) in [6, 6.07) is 10.8. The summed E-state index contributed by atoms with van der Waals surface area (Å²) in [5, 5.41) is 6.84. The van der Waals surface area contributed by atoms with Gasteiger partial charge in [-0.15, -0.1) is 0 Å². The van der Waals surface area contributed by atoms with Crippen molar-refractivity contribution < 1.29 is 4.74 Å². The molecule has 7 nitrogen and oxygen atoms in total. The van der Waals surface area contributed by atoms with E-state index in [0.717, 1.165) is 90.9 Å². The van der Waals surface area contributed by atoms with Crippen LogP contribution in [0.1, 0.15) is 18.4 Å². The zero-order valence-corrected chi connectivity index (χ0v) is 19.3. The summed E-state index contributed by atoms with van der Waals surface area (Å²) in [4.78, 5) is 11.8. The lowest BCUT2D eigenvalue weighted by atomic mass is 10.2. The van der Waals surface area contributed by atoms with Crippen LogP contribution in [0.4, 0.5) is 0 Å². The molecule has 7 heteroatoms. The minimum absolute atomic E-state index is 0.822. The molecular weight excluding hydrogens is 376 g/mol. The van der Waals surface area contributed by atoms with Crippen molar-refractivity contribution >= 4 is 5.96 Å². The Hall–Kier alpha value is -1.67. The minimum atomic E-state index is 0.822. The van der Waals surface area contributed by atoms with E-state index >= 15 is 0 Å². The van der Waals surface area contributed by atoms with Crippen molar-refractivity contribution in [3.05, 3.63) is 35.9 Å². The first-order valence-corrected chi connectivity index (χ1v) is 11.3. The first kappa shape index (κ1) is 24.6. The van der Waals surface area contributed by atoms with E-state index in [9.17, 15) is 0 Å². The second kappa shape index (κ2) is 15.2. The Balaban J connectivity index is 1.50. The first-order valence-electron chi connectivity index (χ1n) is 11.3. The van der Waals surface area contributed by atoms with Gasteiger partial charge in [-0.1, -0.05) is 30.3 Å². The number of nitrogens with one attached hydrogen (secondary N) is 2. The average molecular weight is 419 g/mol. The fourth-order valence-electron chi connectivity index (χ4n) is 3.70. The van der Waals surface area contributed by atoms with Crippen LogP contribution in [0.3, 0.4) is 0 Å². The number of piperazine rings is 1. The van der Waals surface area contributed by atoms with E-state index in [2.05, 4.69) is 67.7 Å². The van der Waals surface area contributed by atoms with Crippen LogP contribution < -0.4 is 10.6 Å². The summed E-state index contributed by atoms with van der Waals surface area (Å²) >= 11 is 0. The van der Waals surface area contributed by atoms with Crippen molar-refractivity contribution in [3.8, 4) is 0 Å². The predicted octanol–water partition coefficient (Wildman–Crippen LogP) is 1.33. The zero-order chi connectivity index (χ0) is 21.4. The highest BCUT2D eigenvalue weighted by molar-refractivity contribution is 5.79. The maximum absolute atomic E-state index is 5.10. The van der Waals surface area contributed by atoms with Gasteiger partial charge in [-0.05, 0) is 32.0 Å². The summed E-state index contributed by atoms with van der Waals surface area (Å²) in [6.07, 6.45) is 2.21. The van der Waals surface area contributed by atoms with Crippen molar-refractivity contribution in [3.63, 3.8) is 0 Å². The van der Waals surface area contributed by atoms with Gasteiger partial charge in [-0.3, -0.25) is 9.89 Å². The van der Waals surface area contributed by atoms with Crippen molar-refractivity contribution in [2.24, 2.45) is 4.99 Å². The van der Waals surface area contributed by atoms with Gasteiger partial charge in [0.05, 0.1) is 0 Å². The topological polar surface area (TPSA) is 55.4 Å². The maximum Gasteiger partial charge on any atom is 0.191 e. The quantitative estimate of drug-likeness (QED) is 0.286. The van der Waals surface area contributed by atoms with E-state index in [1.165, 1.54) is 5.56 Å². The summed E-state index contributed by atoms with van der Waals surface area (Å²) in [6.45, 7) is 11.6. The van der Waals surface area contributed by atoms with Crippen molar-refractivity contribution in [2.75, 3.05) is 86.7 Å². The Morgan fingerprint density at radius 3 is 2.40 bits per heavy atom. The summed E-state index contributed by atoms with van der Waals surface area (Å²) < 4.78 is 5.10. The van der Waals surface area contributed by atoms with Crippen LogP contribution >= 0.6 is 0 Å². The second-order valence-electron chi connectivity index (χ2n) is 8.03. The van der Waals surface area contributed by atoms with Gasteiger partial charge in [0, 0.05) is 79.7 Å². The lowest BCUT2D eigenvalue weighted by molar-refractivity contribution is 0.126. The van der Waals surface area contributed by atoms with Crippen LogP contribution in [0.5, 0.6) is 0 Å². The SMILES string of the molecule is CN=C(NCCCN1CCN(Cc2ccccc2)CC1)NCCN(C)CCCOC. The Morgan fingerprint density at radius 2 is 1.70 bits per heavy atom. The molecule has 0 atom stereocenters. The van der Waals surface area contributed by atoms with E-state index in [0.29, 0.717) is 0 Å². The van der Waals surface area contributed by atoms with Gasteiger partial charge >= 0.3 is 0 Å². The minimum Gasteiger partial charge on any atom is -0.385 e. The number of ether oxygens (including phenoxy) is 1. The third-order valence-corrected chi connectivity index (χ3v) is 5.56. The van der Waals surface area contributed by atoms with Gasteiger partial charge in [-0.2, -0.15) is 0 Å². The number of nitrogens with zero attached hydrogens (tertiary/aromatic N) is 4.